The first-order valence-corrected chi connectivity index (χ1v) is 22.5. The second-order valence-corrected chi connectivity index (χ2v) is 17.6. The predicted molar refractivity (Wildman–Crippen MR) is 235 cm³/mol. The fourth-order valence-corrected chi connectivity index (χ4v) is 9.02. The number of alkyl halides is 1. The van der Waals surface area contributed by atoms with Crippen molar-refractivity contribution in [3.05, 3.63) is 89.3 Å². The third-order valence-corrected chi connectivity index (χ3v) is 12.4. The van der Waals surface area contributed by atoms with E-state index >= 15 is 0 Å². The molecule has 4 N–H and O–H groups in total. The molecular weight excluding hydrogens is 877 g/mol. The smallest absolute Gasteiger partial charge is 0.338 e. The van der Waals surface area contributed by atoms with Crippen molar-refractivity contribution in [1.82, 2.24) is 30.7 Å². The summed E-state index contributed by atoms with van der Waals surface area (Å²) in [5.41, 5.74) is 1.21. The topological polar surface area (TPSA) is 222 Å². The zero-order chi connectivity index (χ0) is 47.9. The molecule has 4 saturated heterocycles. The summed E-state index contributed by atoms with van der Waals surface area (Å²) in [4.78, 5) is 115. The second-order valence-electron chi connectivity index (χ2n) is 17.6. The molecule has 0 spiro atoms. The highest BCUT2D eigenvalue weighted by molar-refractivity contribution is 5.99. The van der Waals surface area contributed by atoms with Crippen LogP contribution >= 0.6 is 0 Å². The summed E-state index contributed by atoms with van der Waals surface area (Å²) < 4.78 is 46.0. The van der Waals surface area contributed by atoms with Crippen molar-refractivity contribution in [2.45, 2.75) is 108 Å². The maximum atomic E-state index is 14.8. The van der Waals surface area contributed by atoms with Gasteiger partial charge in [-0.3, -0.25) is 24.0 Å². The van der Waals surface area contributed by atoms with Crippen LogP contribution in [0.1, 0.15) is 68.8 Å². The number of morpholine rings is 1. The highest BCUT2D eigenvalue weighted by atomic mass is 19.1. The maximum Gasteiger partial charge on any atom is 0.338 e. The number of cyclic esters (lactones) is 1. The van der Waals surface area contributed by atoms with E-state index in [1.54, 1.807) is 12.1 Å². The quantitative estimate of drug-likeness (QED) is 0.268. The number of nitrogens with one attached hydrogen (secondary N) is 4. The number of amides is 7. The molecule has 2 aromatic rings. The van der Waals surface area contributed by atoms with E-state index in [2.05, 4.69) is 21.3 Å². The zero-order valence-corrected chi connectivity index (χ0v) is 37.4. The van der Waals surface area contributed by atoms with Gasteiger partial charge in [-0.25, -0.2) is 23.2 Å². The van der Waals surface area contributed by atoms with Gasteiger partial charge in [0.1, 0.15) is 61.0 Å². The van der Waals surface area contributed by atoms with E-state index in [0.717, 1.165) is 17.7 Å². The van der Waals surface area contributed by atoms with Crippen LogP contribution in [0.15, 0.2) is 78.1 Å². The first-order valence-electron chi connectivity index (χ1n) is 22.5. The van der Waals surface area contributed by atoms with Crippen molar-refractivity contribution < 1.29 is 61.3 Å². The van der Waals surface area contributed by atoms with Crippen LogP contribution in [0, 0.1) is 5.92 Å². The van der Waals surface area contributed by atoms with Gasteiger partial charge in [-0.15, -0.1) is 0 Å². The highest BCUT2D eigenvalue weighted by Crippen LogP contribution is 2.29. The molecule has 5 aliphatic rings. The molecule has 0 bridgehead atoms. The fraction of sp³-hybridized carbons (Fsp3) is 0.489. The third kappa shape index (κ3) is 11.6. The summed E-state index contributed by atoms with van der Waals surface area (Å²) >= 11 is 0. The summed E-state index contributed by atoms with van der Waals surface area (Å²) in [6, 6.07) is 6.10. The Morgan fingerprint density at radius 3 is 2.36 bits per heavy atom. The Hall–Kier alpha value is -6.70. The van der Waals surface area contributed by atoms with E-state index in [0.29, 0.717) is 6.42 Å². The molecule has 0 aromatic heterocycles. The van der Waals surface area contributed by atoms with Gasteiger partial charge in [0.15, 0.2) is 0 Å². The molecule has 7 amide bonds. The summed E-state index contributed by atoms with van der Waals surface area (Å²) in [5.74, 6) is -6.04. The van der Waals surface area contributed by atoms with E-state index in [-0.39, 0.29) is 75.0 Å². The minimum absolute atomic E-state index is 0.0170. The number of hydrogen-bond donors (Lipinski definition) is 4. The fourth-order valence-electron chi connectivity index (χ4n) is 9.02. The number of esters is 2. The molecular formula is C47H55F2N7O11. The molecule has 4 fully saturated rings. The lowest BCUT2D eigenvalue weighted by molar-refractivity contribution is -0.164. The van der Waals surface area contributed by atoms with Crippen LogP contribution in [-0.4, -0.2) is 144 Å². The van der Waals surface area contributed by atoms with E-state index in [4.69, 9.17) is 14.2 Å². The van der Waals surface area contributed by atoms with Crippen LogP contribution in [0.2, 0.25) is 0 Å². The van der Waals surface area contributed by atoms with Crippen molar-refractivity contribution in [3.63, 3.8) is 0 Å². The monoisotopic (exact) mass is 931 g/mol. The number of carbonyl (C=O) groups excluding carboxylic acids is 8. The van der Waals surface area contributed by atoms with Gasteiger partial charge >= 0.3 is 18.0 Å². The molecule has 18 nitrogen and oxygen atoms in total. The third-order valence-electron chi connectivity index (χ3n) is 12.4. The van der Waals surface area contributed by atoms with Crippen LogP contribution < -0.4 is 21.3 Å². The number of nitrogens with zero attached hydrogens (tertiary/aromatic N) is 3. The summed E-state index contributed by atoms with van der Waals surface area (Å²) in [6.45, 7) is 4.90. The van der Waals surface area contributed by atoms with Crippen LogP contribution in [0.25, 0.3) is 0 Å². The lowest BCUT2D eigenvalue weighted by Gasteiger charge is -2.39. The van der Waals surface area contributed by atoms with Gasteiger partial charge in [-0.2, -0.15) is 0 Å². The normalized spacial score (nSPS) is 27.6. The minimum Gasteiger partial charge on any atom is -0.458 e. The van der Waals surface area contributed by atoms with Crippen LogP contribution in [0.4, 0.5) is 19.3 Å². The molecule has 9 atom stereocenters. The number of carbonyl (C=O) groups is 8. The largest absolute Gasteiger partial charge is 0.458 e. The zero-order valence-electron chi connectivity index (χ0n) is 37.4. The second kappa shape index (κ2) is 21.3. The van der Waals surface area contributed by atoms with Crippen LogP contribution in [0.5, 0.6) is 0 Å². The Bertz CT molecular complexity index is 2300. The molecule has 67 heavy (non-hydrogen) atoms. The molecule has 358 valence electrons. The highest BCUT2D eigenvalue weighted by Gasteiger charge is 2.47. The number of hydrogen-bond acceptors (Lipinski definition) is 11. The van der Waals surface area contributed by atoms with Crippen molar-refractivity contribution in [2.24, 2.45) is 5.92 Å². The molecule has 1 unspecified atom stereocenters. The Labute approximate surface area is 385 Å². The lowest BCUT2D eigenvalue weighted by atomic mass is 9.97. The van der Waals surface area contributed by atoms with Gasteiger partial charge in [0.05, 0.1) is 18.8 Å². The van der Waals surface area contributed by atoms with E-state index in [1.165, 1.54) is 52.8 Å². The average molecular weight is 932 g/mol. The minimum atomic E-state index is -1.72. The number of fused-ring (bicyclic) bond motifs is 3. The number of urea groups is 1. The summed E-state index contributed by atoms with van der Waals surface area (Å²) in [6.07, 6.45) is -1.19. The molecule has 1 aliphatic carbocycles. The first-order chi connectivity index (χ1) is 32.1. The van der Waals surface area contributed by atoms with Crippen LogP contribution in [0.3, 0.4) is 0 Å². The molecule has 0 saturated carbocycles. The van der Waals surface area contributed by atoms with Crippen molar-refractivity contribution in [1.29, 1.82) is 0 Å². The van der Waals surface area contributed by atoms with Crippen LogP contribution in [-0.2, 0) is 49.6 Å². The Morgan fingerprint density at radius 2 is 1.63 bits per heavy atom. The molecule has 7 rings (SSSR count). The number of rotatable bonds is 9. The number of anilines is 1. The van der Waals surface area contributed by atoms with Gasteiger partial charge in [0.25, 0.3) is 0 Å². The number of ether oxygens (including phenoxy) is 3. The van der Waals surface area contributed by atoms with E-state index in [9.17, 15) is 47.1 Å². The summed E-state index contributed by atoms with van der Waals surface area (Å²) in [5, 5.41) is 10.4. The molecule has 20 heteroatoms. The Balaban J connectivity index is 1.14. The Morgan fingerprint density at radius 1 is 0.896 bits per heavy atom. The molecule has 0 radical (unpaired) electrons. The molecule has 2 aromatic carbocycles. The Kier molecular flexibility index (Phi) is 15.3. The average Bonchev–Trinajstić information content (AvgIpc) is 3.96. The standard InChI is InChI=1S/C47H55F2N7O11/c1-26-18-37-46(63)67-28(3)39(44(61)54-15-7-10-36(54)43(60)55-16-17-65-25-38(55)41(58)50-27(2)42(59)56(37)23-26)53-40(57)35(21-30-19-32(48)22-33(49)20-30)52-47(64)51-34-13-11-31(12-14-34)45(62)66-24-29-8-5-4-6-9-29/h4-6,8-9,11-14,19-20,26-28,32,35-39H,7,10,15-18,21-25H2,1-3H3,(H,50,58)(H,53,57)(H2,51,52,64)/t26-,27-,28-,32?,35-,36-,37-,38-,39-/m0/s1. The number of halogens is 2. The van der Waals surface area contributed by atoms with E-state index in [1.807, 2.05) is 25.1 Å². The van der Waals surface area contributed by atoms with E-state index < -0.39 is 115 Å². The van der Waals surface area contributed by atoms with Gasteiger partial charge in [-0.05, 0) is 86.6 Å². The molecule has 4 heterocycles. The van der Waals surface area contributed by atoms with Gasteiger partial charge < -0.3 is 50.2 Å². The maximum absolute atomic E-state index is 14.8. The number of benzene rings is 2. The first kappa shape index (κ1) is 48.2. The lowest BCUT2D eigenvalue weighted by Crippen LogP contribution is -2.64. The van der Waals surface area contributed by atoms with Gasteiger partial charge in [0.2, 0.25) is 29.5 Å². The molecule has 4 aliphatic heterocycles. The predicted octanol–water partition coefficient (Wildman–Crippen LogP) is 2.84. The number of allylic oxidation sites excluding steroid dienone is 3. The SMILES string of the molecule is C[C@H]1C[C@H]2C(=O)O[C@@H](C)[C@H](NC(=O)[C@H](CC3=CC(F)CC(F)=C3)NC(=O)Nc3ccc(C(=O)OCc4ccccc4)cc3)C(=O)N3CCC[C@H]3C(=O)N3CCOC[C@H]3C(=O)N[C@@H](C)C(=O)N2C1. The van der Waals surface area contributed by atoms with Crippen molar-refractivity contribution in [3.8, 4) is 0 Å². The summed E-state index contributed by atoms with van der Waals surface area (Å²) in [7, 11) is 0. The van der Waals surface area contributed by atoms with Gasteiger partial charge in [0, 0.05) is 38.2 Å². The van der Waals surface area contributed by atoms with Crippen molar-refractivity contribution in [2.75, 3.05) is 38.2 Å². The van der Waals surface area contributed by atoms with Gasteiger partial charge in [-0.1, -0.05) is 37.3 Å². The van der Waals surface area contributed by atoms with Crippen molar-refractivity contribution >= 4 is 53.2 Å².